The highest BCUT2D eigenvalue weighted by Gasteiger charge is 2.39. The fourth-order valence-electron chi connectivity index (χ4n) is 5.19. The summed E-state index contributed by atoms with van der Waals surface area (Å²) in [4.78, 5) is 43.6. The van der Waals surface area contributed by atoms with Gasteiger partial charge in [-0.2, -0.15) is 11.8 Å². The molecule has 3 amide bonds. The molecule has 3 unspecified atom stereocenters. The molecule has 0 saturated heterocycles. The third kappa shape index (κ3) is 10.3. The smallest absolute Gasteiger partial charge is 0.408 e. The SMILES string of the molecule is CSCCC(NC(=O)OC(C)(C)C)C(=O)N(C(C)CCC(C)C)C(C(=O)Nc1ccc2ccccc2c1)c1cccc(C)c1. The van der Waals surface area contributed by atoms with Gasteiger partial charge in [0.1, 0.15) is 17.7 Å². The molecule has 0 bridgehead atoms. The minimum atomic E-state index is -0.923. The van der Waals surface area contributed by atoms with Gasteiger partial charge in [-0.15, -0.1) is 0 Å². The Morgan fingerprint density at radius 2 is 1.59 bits per heavy atom. The van der Waals surface area contributed by atoms with Crippen molar-refractivity contribution in [2.45, 2.75) is 91.5 Å². The summed E-state index contributed by atoms with van der Waals surface area (Å²) in [5.74, 6) is 0.460. The van der Waals surface area contributed by atoms with Crippen LogP contribution in [0.4, 0.5) is 10.5 Å². The monoisotopic (exact) mass is 619 g/mol. The first-order valence-electron chi connectivity index (χ1n) is 15.5. The molecule has 0 radical (unpaired) electrons. The lowest BCUT2D eigenvalue weighted by Gasteiger charge is -2.39. The molecule has 44 heavy (non-hydrogen) atoms. The molecule has 3 atom stereocenters. The molecule has 3 aromatic rings. The van der Waals surface area contributed by atoms with Crippen molar-refractivity contribution in [3.63, 3.8) is 0 Å². The zero-order chi connectivity index (χ0) is 32.4. The van der Waals surface area contributed by atoms with Gasteiger partial charge in [-0.25, -0.2) is 4.79 Å². The van der Waals surface area contributed by atoms with E-state index in [4.69, 9.17) is 4.74 Å². The van der Waals surface area contributed by atoms with Crippen molar-refractivity contribution in [3.8, 4) is 0 Å². The Kier molecular flexibility index (Phi) is 12.7. The highest BCUT2D eigenvalue weighted by Crippen LogP contribution is 2.30. The van der Waals surface area contributed by atoms with Crippen molar-refractivity contribution in [1.82, 2.24) is 10.2 Å². The summed E-state index contributed by atoms with van der Waals surface area (Å²) in [5, 5.41) is 8.03. The number of amides is 3. The summed E-state index contributed by atoms with van der Waals surface area (Å²) in [6, 6.07) is 19.4. The summed E-state index contributed by atoms with van der Waals surface area (Å²) >= 11 is 1.60. The molecule has 3 rings (SSSR count). The van der Waals surface area contributed by atoms with Crippen LogP contribution in [0.1, 0.15) is 78.0 Å². The van der Waals surface area contributed by atoms with Gasteiger partial charge in [0.25, 0.3) is 5.91 Å². The average Bonchev–Trinajstić information content (AvgIpc) is 2.95. The van der Waals surface area contributed by atoms with E-state index in [1.54, 1.807) is 37.4 Å². The second-order valence-corrected chi connectivity index (χ2v) is 13.9. The van der Waals surface area contributed by atoms with Gasteiger partial charge in [-0.1, -0.05) is 74.0 Å². The van der Waals surface area contributed by atoms with Crippen molar-refractivity contribution in [2.75, 3.05) is 17.3 Å². The first-order chi connectivity index (χ1) is 20.8. The van der Waals surface area contributed by atoms with Crippen molar-refractivity contribution < 1.29 is 19.1 Å². The number of carbonyl (C=O) groups excluding carboxylic acids is 3. The number of alkyl carbamates (subject to hydrolysis) is 1. The third-order valence-corrected chi connectivity index (χ3v) is 8.04. The maximum Gasteiger partial charge on any atom is 0.408 e. The Balaban J connectivity index is 2.08. The second kappa shape index (κ2) is 16.0. The normalized spacial score (nSPS) is 13.7. The van der Waals surface area contributed by atoms with Gasteiger partial charge in [-0.05, 0) is 100 Å². The number of nitrogens with one attached hydrogen (secondary N) is 2. The van der Waals surface area contributed by atoms with Gasteiger partial charge in [0.2, 0.25) is 5.91 Å². The molecule has 3 aromatic carbocycles. The molecule has 0 saturated carbocycles. The predicted molar refractivity (Wildman–Crippen MR) is 183 cm³/mol. The number of hydrogen-bond donors (Lipinski definition) is 2. The zero-order valence-corrected chi connectivity index (χ0v) is 28.3. The maximum absolute atomic E-state index is 14.6. The van der Waals surface area contributed by atoms with Crippen molar-refractivity contribution in [3.05, 3.63) is 77.9 Å². The van der Waals surface area contributed by atoms with Crippen LogP contribution in [0, 0.1) is 12.8 Å². The minimum Gasteiger partial charge on any atom is -0.444 e. The van der Waals surface area contributed by atoms with Crippen molar-refractivity contribution >= 4 is 46.1 Å². The largest absolute Gasteiger partial charge is 0.444 e. The number of fused-ring (bicyclic) bond motifs is 1. The van der Waals surface area contributed by atoms with Crippen LogP contribution >= 0.6 is 11.8 Å². The number of rotatable bonds is 13. The van der Waals surface area contributed by atoms with E-state index in [-0.39, 0.29) is 17.9 Å². The van der Waals surface area contributed by atoms with E-state index < -0.39 is 23.8 Å². The minimum absolute atomic E-state index is 0.282. The fourth-order valence-corrected chi connectivity index (χ4v) is 5.66. The maximum atomic E-state index is 14.6. The number of carbonyl (C=O) groups is 3. The number of nitrogens with zero attached hydrogens (tertiary/aromatic N) is 1. The summed E-state index contributed by atoms with van der Waals surface area (Å²) in [7, 11) is 0. The van der Waals surface area contributed by atoms with Crippen LogP contribution in [0.5, 0.6) is 0 Å². The molecule has 0 aliphatic heterocycles. The van der Waals surface area contributed by atoms with E-state index in [1.165, 1.54) is 0 Å². The van der Waals surface area contributed by atoms with Crippen molar-refractivity contribution in [2.24, 2.45) is 5.92 Å². The lowest BCUT2D eigenvalue weighted by Crippen LogP contribution is -2.55. The highest BCUT2D eigenvalue weighted by molar-refractivity contribution is 7.98. The lowest BCUT2D eigenvalue weighted by atomic mass is 9.96. The van der Waals surface area contributed by atoms with Crippen LogP contribution in [-0.2, 0) is 14.3 Å². The Morgan fingerprint density at radius 1 is 0.886 bits per heavy atom. The van der Waals surface area contributed by atoms with E-state index in [2.05, 4.69) is 24.5 Å². The van der Waals surface area contributed by atoms with Gasteiger partial charge in [-0.3, -0.25) is 9.59 Å². The van der Waals surface area contributed by atoms with Gasteiger partial charge in [0, 0.05) is 11.7 Å². The number of hydrogen-bond acceptors (Lipinski definition) is 5. The predicted octanol–water partition coefficient (Wildman–Crippen LogP) is 8.13. The summed E-state index contributed by atoms with van der Waals surface area (Å²) in [6.45, 7) is 13.6. The van der Waals surface area contributed by atoms with E-state index >= 15 is 0 Å². The summed E-state index contributed by atoms with van der Waals surface area (Å²) < 4.78 is 5.53. The van der Waals surface area contributed by atoms with Gasteiger partial charge < -0.3 is 20.3 Å². The van der Waals surface area contributed by atoms with Crippen LogP contribution in [0.3, 0.4) is 0 Å². The summed E-state index contributed by atoms with van der Waals surface area (Å²) in [6.07, 6.45) is 3.30. The molecule has 0 aliphatic rings. The molecule has 0 fully saturated rings. The van der Waals surface area contributed by atoms with Gasteiger partial charge in [0.15, 0.2) is 0 Å². The van der Waals surface area contributed by atoms with Gasteiger partial charge in [0.05, 0.1) is 0 Å². The first kappa shape index (κ1) is 35.0. The molecule has 8 heteroatoms. The number of thioether (sulfide) groups is 1. The highest BCUT2D eigenvalue weighted by atomic mass is 32.2. The van der Waals surface area contributed by atoms with Gasteiger partial charge >= 0.3 is 6.09 Å². The number of ether oxygens (including phenoxy) is 1. The molecule has 0 heterocycles. The van der Waals surface area contributed by atoms with E-state index in [9.17, 15) is 14.4 Å². The topological polar surface area (TPSA) is 87.7 Å². The Bertz CT molecular complexity index is 1420. The first-order valence-corrected chi connectivity index (χ1v) is 16.8. The molecule has 0 aliphatic carbocycles. The zero-order valence-electron chi connectivity index (χ0n) is 27.5. The van der Waals surface area contributed by atoms with Crippen LogP contribution < -0.4 is 10.6 Å². The molecular formula is C36H49N3O4S. The van der Waals surface area contributed by atoms with Crippen LogP contribution in [0.25, 0.3) is 10.8 Å². The lowest BCUT2D eigenvalue weighted by molar-refractivity contribution is -0.143. The Labute approximate surface area is 267 Å². The fraction of sp³-hybridized carbons (Fsp3) is 0.472. The second-order valence-electron chi connectivity index (χ2n) is 12.9. The summed E-state index contributed by atoms with van der Waals surface area (Å²) in [5.41, 5.74) is 1.64. The average molecular weight is 620 g/mol. The van der Waals surface area contributed by atoms with E-state index in [0.717, 1.165) is 22.8 Å². The standard InChI is InChI=1S/C36H49N3O4S/c1-24(2)16-17-26(4)39(34(41)31(20-21-44-8)38-35(42)43-36(5,6)7)32(29-15-11-12-25(3)22-29)33(40)37-30-19-18-27-13-9-10-14-28(27)23-30/h9-15,18-19,22-24,26,31-32H,16-17,20-21H2,1-8H3,(H,37,40)(H,38,42). The molecule has 0 spiro atoms. The Morgan fingerprint density at radius 3 is 2.23 bits per heavy atom. The van der Waals surface area contributed by atoms with Crippen LogP contribution in [-0.4, -0.2) is 52.5 Å². The number of benzene rings is 3. The van der Waals surface area contributed by atoms with Crippen LogP contribution in [0.2, 0.25) is 0 Å². The van der Waals surface area contributed by atoms with Crippen molar-refractivity contribution in [1.29, 1.82) is 0 Å². The molecule has 238 valence electrons. The van der Waals surface area contributed by atoms with Crippen LogP contribution in [0.15, 0.2) is 66.7 Å². The molecule has 0 aromatic heterocycles. The van der Waals surface area contributed by atoms with E-state index in [1.807, 2.05) is 86.8 Å². The molecule has 7 nitrogen and oxygen atoms in total. The number of anilines is 1. The third-order valence-electron chi connectivity index (χ3n) is 7.39. The Hall–Kier alpha value is -3.52. The quantitative estimate of drug-likeness (QED) is 0.202. The van der Waals surface area contributed by atoms with E-state index in [0.29, 0.717) is 35.8 Å². The molecule has 2 N–H and O–H groups in total. The number of aryl methyl sites for hydroxylation is 1. The molecular weight excluding hydrogens is 570 g/mol.